The van der Waals surface area contributed by atoms with E-state index in [1.165, 1.54) is 11.1 Å². The molecule has 1 atom stereocenters. The van der Waals surface area contributed by atoms with Crippen molar-refractivity contribution in [2.75, 3.05) is 0 Å². The lowest BCUT2D eigenvalue weighted by atomic mass is 10.1. The van der Waals surface area contributed by atoms with Crippen molar-refractivity contribution >= 4 is 11.1 Å². The molecule has 0 aliphatic heterocycles. The van der Waals surface area contributed by atoms with E-state index in [1.54, 1.807) is 12.1 Å². The van der Waals surface area contributed by atoms with Crippen molar-refractivity contribution < 1.29 is 8.76 Å². The van der Waals surface area contributed by atoms with E-state index in [2.05, 4.69) is 77.6 Å². The molecule has 5 heteroatoms. The minimum absolute atomic E-state index is 0.282. The maximum Gasteiger partial charge on any atom is 0.0458 e. The van der Waals surface area contributed by atoms with Gasteiger partial charge in [-0.15, -0.1) is 0 Å². The molecule has 2 N–H and O–H groups in total. The Morgan fingerprint density at radius 2 is 1.03 bits per heavy atom. The summed E-state index contributed by atoms with van der Waals surface area (Å²) in [6.45, 7) is 2.09. The summed E-state index contributed by atoms with van der Waals surface area (Å²) in [5.74, 6) is 0. The van der Waals surface area contributed by atoms with Crippen molar-refractivity contribution in [1.29, 1.82) is 0 Å². The number of rotatable bonds is 5. The average molecular weight is 438 g/mol. The SMILES string of the molecule is Cc1ccc(-c2ccc(-c3cccc(-c4ccc(-c5ccc(S(=O)[O-])cc5)[nH]4)c3)[nH]2)cc1. The van der Waals surface area contributed by atoms with E-state index in [0.717, 1.165) is 39.5 Å². The Bertz CT molecular complexity index is 1400. The third kappa shape index (κ3) is 4.08. The first kappa shape index (κ1) is 20.2. The van der Waals surface area contributed by atoms with Crippen LogP contribution in [0.3, 0.4) is 0 Å². The molecule has 0 bridgehead atoms. The van der Waals surface area contributed by atoms with E-state index in [4.69, 9.17) is 0 Å². The van der Waals surface area contributed by atoms with Crippen LogP contribution < -0.4 is 0 Å². The second-order valence-electron chi connectivity index (χ2n) is 7.78. The lowest BCUT2D eigenvalue weighted by Crippen LogP contribution is -1.88. The van der Waals surface area contributed by atoms with Gasteiger partial charge in [0.2, 0.25) is 0 Å². The second kappa shape index (κ2) is 8.46. The van der Waals surface area contributed by atoms with Crippen LogP contribution in [0.5, 0.6) is 0 Å². The summed E-state index contributed by atoms with van der Waals surface area (Å²) >= 11 is -2.21. The van der Waals surface area contributed by atoms with E-state index in [9.17, 15) is 8.76 Å². The number of hydrogen-bond acceptors (Lipinski definition) is 2. The van der Waals surface area contributed by atoms with Crippen LogP contribution in [0.2, 0.25) is 0 Å². The Hall–Kier alpha value is -3.67. The van der Waals surface area contributed by atoms with Crippen molar-refractivity contribution in [3.63, 3.8) is 0 Å². The highest BCUT2D eigenvalue weighted by Gasteiger charge is 2.08. The first-order valence-corrected chi connectivity index (χ1v) is 11.4. The number of benzene rings is 3. The third-order valence-corrected chi connectivity index (χ3v) is 6.23. The molecule has 5 aromatic rings. The Labute approximate surface area is 189 Å². The zero-order valence-electron chi connectivity index (χ0n) is 17.5. The van der Waals surface area contributed by atoms with Gasteiger partial charge in [0.15, 0.2) is 0 Å². The van der Waals surface area contributed by atoms with Crippen molar-refractivity contribution in [1.82, 2.24) is 9.97 Å². The van der Waals surface area contributed by atoms with Gasteiger partial charge in [-0.3, -0.25) is 4.21 Å². The van der Waals surface area contributed by atoms with E-state index < -0.39 is 11.1 Å². The van der Waals surface area contributed by atoms with Crippen molar-refractivity contribution in [3.05, 3.63) is 103 Å². The minimum atomic E-state index is -2.21. The molecule has 0 fully saturated rings. The quantitative estimate of drug-likeness (QED) is 0.306. The fraction of sp³-hybridized carbons (Fsp3) is 0.0370. The first-order chi connectivity index (χ1) is 15.6. The number of H-pyrrole nitrogens is 2. The van der Waals surface area contributed by atoms with E-state index in [-0.39, 0.29) is 4.90 Å². The van der Waals surface area contributed by atoms with Crippen molar-refractivity contribution in [2.45, 2.75) is 11.8 Å². The molecule has 0 saturated heterocycles. The van der Waals surface area contributed by atoms with Crippen LogP contribution in [-0.2, 0) is 11.1 Å². The number of hydrogen-bond donors (Lipinski definition) is 2. The summed E-state index contributed by atoms with van der Waals surface area (Å²) in [5.41, 5.74) is 9.64. The van der Waals surface area contributed by atoms with Gasteiger partial charge < -0.3 is 14.5 Å². The highest BCUT2D eigenvalue weighted by atomic mass is 32.2. The first-order valence-electron chi connectivity index (χ1n) is 10.3. The van der Waals surface area contributed by atoms with Crippen LogP contribution >= 0.6 is 0 Å². The van der Waals surface area contributed by atoms with Crippen molar-refractivity contribution in [3.8, 4) is 45.0 Å². The molecule has 32 heavy (non-hydrogen) atoms. The van der Waals surface area contributed by atoms with Gasteiger partial charge in [0.05, 0.1) is 0 Å². The molecule has 3 aromatic carbocycles. The summed E-state index contributed by atoms with van der Waals surface area (Å²) in [5, 5.41) is 0. The highest BCUT2D eigenvalue weighted by Crippen LogP contribution is 2.30. The molecular weight excluding hydrogens is 416 g/mol. The normalized spacial score (nSPS) is 12.1. The maximum absolute atomic E-state index is 11.1. The fourth-order valence-corrected chi connectivity index (χ4v) is 4.16. The lowest BCUT2D eigenvalue weighted by Gasteiger charge is -2.06. The monoisotopic (exact) mass is 437 g/mol. The van der Waals surface area contributed by atoms with E-state index >= 15 is 0 Å². The molecule has 2 aromatic heterocycles. The van der Waals surface area contributed by atoms with Gasteiger partial charge in [-0.2, -0.15) is 0 Å². The van der Waals surface area contributed by atoms with Crippen LogP contribution in [-0.4, -0.2) is 18.7 Å². The van der Waals surface area contributed by atoms with E-state index in [1.807, 2.05) is 24.3 Å². The summed E-state index contributed by atoms with van der Waals surface area (Å²) in [7, 11) is 0. The fourth-order valence-electron chi connectivity index (χ4n) is 3.80. The molecule has 0 aliphatic carbocycles. The summed E-state index contributed by atoms with van der Waals surface area (Å²) < 4.78 is 22.1. The van der Waals surface area contributed by atoms with Gasteiger partial charge >= 0.3 is 0 Å². The largest absolute Gasteiger partial charge is 0.768 e. The van der Waals surface area contributed by atoms with Gasteiger partial charge in [0, 0.05) is 27.7 Å². The Morgan fingerprint density at radius 1 is 0.594 bits per heavy atom. The lowest BCUT2D eigenvalue weighted by molar-refractivity contribution is 0.537. The summed E-state index contributed by atoms with van der Waals surface area (Å²) in [6.07, 6.45) is 0. The minimum Gasteiger partial charge on any atom is -0.768 e. The Morgan fingerprint density at radius 3 is 1.50 bits per heavy atom. The van der Waals surface area contributed by atoms with Gasteiger partial charge in [-0.05, 0) is 82.7 Å². The Kier molecular flexibility index (Phi) is 5.35. The molecule has 2 heterocycles. The predicted molar refractivity (Wildman–Crippen MR) is 129 cm³/mol. The van der Waals surface area contributed by atoms with Crippen LogP contribution in [0.15, 0.2) is 102 Å². The number of aromatic amines is 2. The van der Waals surface area contributed by atoms with Gasteiger partial charge in [0.25, 0.3) is 0 Å². The van der Waals surface area contributed by atoms with Crippen LogP contribution in [0.1, 0.15) is 5.56 Å². The molecule has 158 valence electrons. The van der Waals surface area contributed by atoms with Crippen LogP contribution in [0.25, 0.3) is 45.0 Å². The zero-order chi connectivity index (χ0) is 22.1. The topological polar surface area (TPSA) is 71.7 Å². The van der Waals surface area contributed by atoms with E-state index in [0.29, 0.717) is 0 Å². The summed E-state index contributed by atoms with van der Waals surface area (Å²) in [6, 6.07) is 32.0. The van der Waals surface area contributed by atoms with Crippen LogP contribution in [0.4, 0.5) is 0 Å². The number of aromatic nitrogens is 2. The third-order valence-electron chi connectivity index (χ3n) is 5.58. The Balaban J connectivity index is 1.41. The second-order valence-corrected chi connectivity index (χ2v) is 8.72. The van der Waals surface area contributed by atoms with Gasteiger partial charge in [-0.25, -0.2) is 0 Å². The predicted octanol–water partition coefficient (Wildman–Crippen LogP) is 6.56. The molecule has 0 radical (unpaired) electrons. The number of aryl methyl sites for hydroxylation is 1. The van der Waals surface area contributed by atoms with Crippen molar-refractivity contribution in [2.24, 2.45) is 0 Å². The molecule has 0 saturated carbocycles. The zero-order valence-corrected chi connectivity index (χ0v) is 18.3. The molecule has 0 aliphatic rings. The smallest absolute Gasteiger partial charge is 0.0458 e. The molecule has 1 unspecified atom stereocenters. The van der Waals surface area contributed by atoms with Gasteiger partial charge in [-0.1, -0.05) is 60.2 Å². The standard InChI is InChI=1S/C27H22N2O2S/c1-18-5-7-19(8-6-18)24-13-15-26(28-24)21-3-2-4-22(17-21)27-16-14-25(29-27)20-9-11-23(12-10-20)32(30)31/h2-17,28-29H,1H3,(H,30,31)/p-1. The van der Waals surface area contributed by atoms with Gasteiger partial charge in [0.1, 0.15) is 0 Å². The molecule has 5 rings (SSSR count). The molecule has 4 nitrogen and oxygen atoms in total. The van der Waals surface area contributed by atoms with Crippen LogP contribution in [0, 0.1) is 6.92 Å². The average Bonchev–Trinajstić information content (AvgIpc) is 3.50. The summed E-state index contributed by atoms with van der Waals surface area (Å²) in [4.78, 5) is 7.26. The maximum atomic E-state index is 11.1. The molecule has 0 spiro atoms. The molecular formula is C27H21N2O2S-. The molecule has 0 amide bonds. The number of nitrogens with one attached hydrogen (secondary N) is 2. The highest BCUT2D eigenvalue weighted by molar-refractivity contribution is 7.79.